The van der Waals surface area contributed by atoms with Gasteiger partial charge in [0.25, 0.3) is 0 Å². The highest BCUT2D eigenvalue weighted by atomic mass is 19.1. The molecule has 0 spiro atoms. The second-order valence-electron chi connectivity index (χ2n) is 3.86. The minimum atomic E-state index is -0.363. The first kappa shape index (κ1) is 13.0. The Bertz CT molecular complexity index is 621. The first-order chi connectivity index (χ1) is 9.21. The Morgan fingerprint density at radius 1 is 0.789 bits per heavy atom. The van der Waals surface area contributed by atoms with Crippen molar-refractivity contribution in [3.05, 3.63) is 59.4 Å². The van der Waals surface area contributed by atoms with Gasteiger partial charge in [0.2, 0.25) is 0 Å². The van der Waals surface area contributed by atoms with E-state index in [1.165, 1.54) is 19.2 Å². The molecule has 0 aliphatic carbocycles. The molecule has 96 valence electrons. The third-order valence-electron chi connectivity index (χ3n) is 2.55. The van der Waals surface area contributed by atoms with Crippen LogP contribution in [0.5, 0.6) is 11.5 Å². The summed E-state index contributed by atoms with van der Waals surface area (Å²) in [5.41, 5.74) is 1.41. The fourth-order valence-electron chi connectivity index (χ4n) is 1.57. The zero-order valence-electron chi connectivity index (χ0n) is 10.7. The average Bonchev–Trinajstić information content (AvgIpc) is 2.45. The fraction of sp³-hybridized carbons (Fsp3) is 0.125. The van der Waals surface area contributed by atoms with Crippen LogP contribution in [0, 0.1) is 17.7 Å². The molecule has 2 aromatic rings. The molecule has 0 fully saturated rings. The SMILES string of the molecule is COc1ccc(C#Cc2cc(F)cc(OC)c2)cc1. The van der Waals surface area contributed by atoms with Gasteiger partial charge in [-0.1, -0.05) is 11.8 Å². The standard InChI is InChI=1S/C16H13FO2/c1-18-15-7-5-12(6-8-15)3-4-13-9-14(17)11-16(10-13)19-2/h5-11H,1-2H3. The van der Waals surface area contributed by atoms with Gasteiger partial charge in [0.1, 0.15) is 17.3 Å². The number of rotatable bonds is 2. The summed E-state index contributed by atoms with van der Waals surface area (Å²) in [6.07, 6.45) is 0. The van der Waals surface area contributed by atoms with E-state index in [1.807, 2.05) is 24.3 Å². The van der Waals surface area contributed by atoms with Gasteiger partial charge in [0.15, 0.2) is 0 Å². The van der Waals surface area contributed by atoms with E-state index in [0.29, 0.717) is 11.3 Å². The molecule has 3 heteroatoms. The zero-order chi connectivity index (χ0) is 13.7. The van der Waals surface area contributed by atoms with Crippen LogP contribution in [0.15, 0.2) is 42.5 Å². The summed E-state index contributed by atoms with van der Waals surface area (Å²) >= 11 is 0. The number of hydrogen-bond donors (Lipinski definition) is 0. The Kier molecular flexibility index (Phi) is 4.04. The fourth-order valence-corrected chi connectivity index (χ4v) is 1.57. The highest BCUT2D eigenvalue weighted by molar-refractivity contribution is 5.46. The van der Waals surface area contributed by atoms with Crippen LogP contribution in [0.4, 0.5) is 4.39 Å². The van der Waals surface area contributed by atoms with E-state index in [9.17, 15) is 4.39 Å². The molecule has 0 amide bonds. The second kappa shape index (κ2) is 5.92. The van der Waals surface area contributed by atoms with Gasteiger partial charge in [0, 0.05) is 17.2 Å². The van der Waals surface area contributed by atoms with Crippen molar-refractivity contribution in [1.29, 1.82) is 0 Å². The monoisotopic (exact) mass is 256 g/mol. The van der Waals surface area contributed by atoms with Crippen LogP contribution in [0.2, 0.25) is 0 Å². The summed E-state index contributed by atoms with van der Waals surface area (Å²) in [4.78, 5) is 0. The average molecular weight is 256 g/mol. The topological polar surface area (TPSA) is 18.5 Å². The van der Waals surface area contributed by atoms with E-state index in [4.69, 9.17) is 9.47 Å². The van der Waals surface area contributed by atoms with E-state index in [2.05, 4.69) is 11.8 Å². The predicted octanol–water partition coefficient (Wildman–Crippen LogP) is 3.24. The van der Waals surface area contributed by atoms with Gasteiger partial charge >= 0.3 is 0 Å². The summed E-state index contributed by atoms with van der Waals surface area (Å²) in [5, 5.41) is 0. The minimum absolute atomic E-state index is 0.363. The van der Waals surface area contributed by atoms with E-state index >= 15 is 0 Å². The molecule has 2 aromatic carbocycles. The van der Waals surface area contributed by atoms with E-state index in [1.54, 1.807) is 13.2 Å². The maximum absolute atomic E-state index is 13.3. The molecule has 0 aliphatic rings. The van der Waals surface area contributed by atoms with Crippen molar-refractivity contribution in [2.24, 2.45) is 0 Å². The van der Waals surface area contributed by atoms with Crippen LogP contribution in [-0.4, -0.2) is 14.2 Å². The van der Waals surface area contributed by atoms with Gasteiger partial charge < -0.3 is 9.47 Å². The van der Waals surface area contributed by atoms with Crippen LogP contribution < -0.4 is 9.47 Å². The Balaban J connectivity index is 2.25. The normalized spacial score (nSPS) is 9.42. The van der Waals surface area contributed by atoms with Gasteiger partial charge in [-0.05, 0) is 36.4 Å². The molecular formula is C16H13FO2. The molecule has 0 aromatic heterocycles. The first-order valence-electron chi connectivity index (χ1n) is 5.72. The summed E-state index contributed by atoms with van der Waals surface area (Å²) < 4.78 is 23.3. The van der Waals surface area contributed by atoms with Crippen LogP contribution in [0.1, 0.15) is 11.1 Å². The molecule has 2 rings (SSSR count). The maximum Gasteiger partial charge on any atom is 0.128 e. The predicted molar refractivity (Wildman–Crippen MR) is 71.9 cm³/mol. The minimum Gasteiger partial charge on any atom is -0.497 e. The lowest BCUT2D eigenvalue weighted by Gasteiger charge is -2.00. The Morgan fingerprint density at radius 3 is 2.05 bits per heavy atom. The van der Waals surface area contributed by atoms with E-state index in [0.717, 1.165) is 11.3 Å². The molecule has 19 heavy (non-hydrogen) atoms. The number of ether oxygens (including phenoxy) is 2. The van der Waals surface area contributed by atoms with Crippen molar-refractivity contribution >= 4 is 0 Å². The smallest absolute Gasteiger partial charge is 0.128 e. The third-order valence-corrected chi connectivity index (χ3v) is 2.55. The molecule has 0 heterocycles. The summed E-state index contributed by atoms with van der Waals surface area (Å²) in [6, 6.07) is 11.7. The molecule has 0 radical (unpaired) electrons. The molecular weight excluding hydrogens is 243 g/mol. The molecule has 0 saturated carbocycles. The van der Waals surface area contributed by atoms with Gasteiger partial charge in [-0.2, -0.15) is 0 Å². The lowest BCUT2D eigenvalue weighted by molar-refractivity contribution is 0.411. The van der Waals surface area contributed by atoms with Crippen molar-refractivity contribution < 1.29 is 13.9 Å². The second-order valence-corrected chi connectivity index (χ2v) is 3.86. The van der Waals surface area contributed by atoms with Crippen molar-refractivity contribution in [3.63, 3.8) is 0 Å². The van der Waals surface area contributed by atoms with E-state index < -0.39 is 0 Å². The molecule has 0 bridgehead atoms. The van der Waals surface area contributed by atoms with E-state index in [-0.39, 0.29) is 5.82 Å². The van der Waals surface area contributed by atoms with Gasteiger partial charge in [-0.25, -0.2) is 4.39 Å². The van der Waals surface area contributed by atoms with Crippen molar-refractivity contribution in [3.8, 4) is 23.3 Å². The molecule has 0 unspecified atom stereocenters. The quantitative estimate of drug-likeness (QED) is 0.768. The van der Waals surface area contributed by atoms with Crippen molar-refractivity contribution in [2.75, 3.05) is 14.2 Å². The van der Waals surface area contributed by atoms with Crippen molar-refractivity contribution in [1.82, 2.24) is 0 Å². The number of hydrogen-bond acceptors (Lipinski definition) is 2. The number of benzene rings is 2. The molecule has 0 atom stereocenters. The van der Waals surface area contributed by atoms with Crippen LogP contribution in [0.3, 0.4) is 0 Å². The highest BCUT2D eigenvalue weighted by Gasteiger charge is 1.98. The van der Waals surface area contributed by atoms with Gasteiger partial charge in [-0.3, -0.25) is 0 Å². The lowest BCUT2D eigenvalue weighted by Crippen LogP contribution is -1.86. The van der Waals surface area contributed by atoms with Crippen LogP contribution >= 0.6 is 0 Å². The molecule has 0 N–H and O–H groups in total. The summed E-state index contributed by atoms with van der Waals surface area (Å²) in [5.74, 6) is 6.74. The van der Waals surface area contributed by atoms with Crippen LogP contribution in [-0.2, 0) is 0 Å². The van der Waals surface area contributed by atoms with Gasteiger partial charge in [0.05, 0.1) is 14.2 Å². The lowest BCUT2D eigenvalue weighted by atomic mass is 10.1. The molecule has 2 nitrogen and oxygen atoms in total. The maximum atomic E-state index is 13.3. The van der Waals surface area contributed by atoms with Crippen molar-refractivity contribution in [2.45, 2.75) is 0 Å². The third kappa shape index (κ3) is 3.49. The molecule has 0 saturated heterocycles. The molecule has 0 aliphatic heterocycles. The zero-order valence-corrected chi connectivity index (χ0v) is 10.7. The Hall–Kier alpha value is -2.47. The Morgan fingerprint density at radius 2 is 1.42 bits per heavy atom. The number of halogens is 1. The van der Waals surface area contributed by atoms with Gasteiger partial charge in [-0.15, -0.1) is 0 Å². The van der Waals surface area contributed by atoms with Crippen LogP contribution in [0.25, 0.3) is 0 Å². The Labute approximate surface area is 111 Å². The summed E-state index contributed by atoms with van der Waals surface area (Å²) in [7, 11) is 3.11. The number of methoxy groups -OCH3 is 2. The summed E-state index contributed by atoms with van der Waals surface area (Å²) in [6.45, 7) is 0. The first-order valence-corrected chi connectivity index (χ1v) is 5.72. The highest BCUT2D eigenvalue weighted by Crippen LogP contribution is 2.15. The largest absolute Gasteiger partial charge is 0.497 e.